The minimum absolute atomic E-state index is 0.0700. The monoisotopic (exact) mass is 182 g/mol. The topological polar surface area (TPSA) is 59.7 Å². The van der Waals surface area contributed by atoms with Gasteiger partial charge in [0.05, 0.1) is 31.3 Å². The zero-order valence-corrected chi connectivity index (χ0v) is 7.03. The van der Waals surface area contributed by atoms with Crippen molar-refractivity contribution in [2.75, 3.05) is 13.2 Å². The van der Waals surface area contributed by atoms with Gasteiger partial charge >= 0.3 is 5.97 Å². The van der Waals surface area contributed by atoms with Crippen LogP contribution in [0.2, 0.25) is 0 Å². The van der Waals surface area contributed by atoms with Gasteiger partial charge in [-0.1, -0.05) is 0 Å². The first kappa shape index (κ1) is 8.31. The lowest BCUT2D eigenvalue weighted by Crippen LogP contribution is -2.47. The lowest BCUT2D eigenvalue weighted by atomic mass is 9.80. The van der Waals surface area contributed by atoms with E-state index in [2.05, 4.69) is 0 Å². The molecule has 1 aliphatic rings. The molecule has 0 saturated carbocycles. The van der Waals surface area contributed by atoms with E-state index in [0.29, 0.717) is 19.0 Å². The molecule has 0 spiro atoms. The van der Waals surface area contributed by atoms with Crippen molar-refractivity contribution >= 4 is 5.97 Å². The highest BCUT2D eigenvalue weighted by Crippen LogP contribution is 2.35. The third-order valence-corrected chi connectivity index (χ3v) is 2.29. The van der Waals surface area contributed by atoms with Crippen LogP contribution >= 0.6 is 0 Å². The minimum atomic E-state index is -0.820. The molecule has 0 amide bonds. The first-order valence-corrected chi connectivity index (χ1v) is 4.06. The number of carbonyl (C=O) groups is 1. The van der Waals surface area contributed by atoms with Gasteiger partial charge < -0.3 is 14.3 Å². The van der Waals surface area contributed by atoms with Gasteiger partial charge in [0.1, 0.15) is 5.76 Å². The SMILES string of the molecule is O=C(O)CC1(c2ccco2)COC1. The van der Waals surface area contributed by atoms with Crippen LogP contribution in [0.1, 0.15) is 12.2 Å². The molecule has 0 aliphatic carbocycles. The smallest absolute Gasteiger partial charge is 0.304 e. The maximum absolute atomic E-state index is 10.6. The molecule has 4 heteroatoms. The van der Waals surface area contributed by atoms with Crippen molar-refractivity contribution in [3.05, 3.63) is 24.2 Å². The van der Waals surface area contributed by atoms with Crippen LogP contribution < -0.4 is 0 Å². The zero-order valence-electron chi connectivity index (χ0n) is 7.03. The summed E-state index contributed by atoms with van der Waals surface area (Å²) >= 11 is 0. The highest BCUT2D eigenvalue weighted by Gasteiger charge is 2.44. The van der Waals surface area contributed by atoms with Gasteiger partial charge in [0, 0.05) is 0 Å². The third kappa shape index (κ3) is 1.33. The molecule has 0 radical (unpaired) electrons. The molecule has 1 aromatic heterocycles. The second-order valence-corrected chi connectivity index (χ2v) is 3.32. The molecule has 4 nitrogen and oxygen atoms in total. The van der Waals surface area contributed by atoms with Gasteiger partial charge in [-0.3, -0.25) is 4.79 Å². The molecule has 1 aromatic rings. The molecule has 13 heavy (non-hydrogen) atoms. The van der Waals surface area contributed by atoms with Gasteiger partial charge in [0.15, 0.2) is 0 Å². The molecule has 0 unspecified atom stereocenters. The largest absolute Gasteiger partial charge is 0.481 e. The van der Waals surface area contributed by atoms with Crippen molar-refractivity contribution < 1.29 is 19.1 Å². The summed E-state index contributed by atoms with van der Waals surface area (Å²) in [6.07, 6.45) is 1.62. The average Bonchev–Trinajstić information content (AvgIpc) is 2.48. The second-order valence-electron chi connectivity index (χ2n) is 3.32. The van der Waals surface area contributed by atoms with Crippen LogP contribution in [-0.4, -0.2) is 24.3 Å². The molecule has 1 aliphatic heterocycles. The molecular weight excluding hydrogens is 172 g/mol. The molecule has 1 N–H and O–H groups in total. The summed E-state index contributed by atoms with van der Waals surface area (Å²) in [6.45, 7) is 0.875. The van der Waals surface area contributed by atoms with Gasteiger partial charge in [-0.05, 0) is 12.1 Å². The van der Waals surface area contributed by atoms with Crippen LogP contribution in [0.4, 0.5) is 0 Å². The highest BCUT2D eigenvalue weighted by molar-refractivity contribution is 5.69. The Hall–Kier alpha value is -1.29. The predicted molar refractivity (Wildman–Crippen MR) is 43.5 cm³/mol. The van der Waals surface area contributed by atoms with Crippen molar-refractivity contribution in [3.63, 3.8) is 0 Å². The summed E-state index contributed by atoms with van der Waals surface area (Å²) in [5.41, 5.74) is -0.421. The Morgan fingerprint density at radius 1 is 1.62 bits per heavy atom. The standard InChI is InChI=1S/C9H10O4/c10-8(11)4-9(5-12-6-9)7-2-1-3-13-7/h1-3H,4-6H2,(H,10,11). The van der Waals surface area contributed by atoms with Crippen LogP contribution in [-0.2, 0) is 14.9 Å². The number of carboxylic acids is 1. The van der Waals surface area contributed by atoms with Crippen molar-refractivity contribution in [2.45, 2.75) is 11.8 Å². The average molecular weight is 182 g/mol. The maximum Gasteiger partial charge on any atom is 0.304 e. The Morgan fingerprint density at radius 2 is 2.38 bits per heavy atom. The Labute approximate surface area is 75.1 Å². The Kier molecular flexibility index (Phi) is 1.84. The number of hydrogen-bond acceptors (Lipinski definition) is 3. The Bertz CT molecular complexity index is 297. The van der Waals surface area contributed by atoms with Crippen LogP contribution in [0.25, 0.3) is 0 Å². The second kappa shape index (κ2) is 2.88. The fraction of sp³-hybridized carbons (Fsp3) is 0.444. The zero-order chi connectivity index (χ0) is 9.31. The van der Waals surface area contributed by atoms with Crippen LogP contribution in [0, 0.1) is 0 Å². The maximum atomic E-state index is 10.6. The molecule has 0 aromatic carbocycles. The number of furan rings is 1. The molecule has 0 bridgehead atoms. The van der Waals surface area contributed by atoms with E-state index < -0.39 is 11.4 Å². The van der Waals surface area contributed by atoms with Crippen LogP contribution in [0.5, 0.6) is 0 Å². The molecule has 1 fully saturated rings. The number of hydrogen-bond donors (Lipinski definition) is 1. The summed E-state index contributed by atoms with van der Waals surface area (Å²) < 4.78 is 10.2. The van der Waals surface area contributed by atoms with Gasteiger partial charge in [-0.15, -0.1) is 0 Å². The summed E-state index contributed by atoms with van der Waals surface area (Å²) in [7, 11) is 0. The summed E-state index contributed by atoms with van der Waals surface area (Å²) in [5.74, 6) is -0.110. The van der Waals surface area contributed by atoms with Crippen molar-refractivity contribution in [2.24, 2.45) is 0 Å². The van der Waals surface area contributed by atoms with Gasteiger partial charge in [0.2, 0.25) is 0 Å². The molecular formula is C9H10O4. The Morgan fingerprint density at radius 3 is 2.77 bits per heavy atom. The number of ether oxygens (including phenoxy) is 1. The predicted octanol–water partition coefficient (Wildman–Crippen LogP) is 1.02. The van der Waals surface area contributed by atoms with Crippen molar-refractivity contribution in [1.82, 2.24) is 0 Å². The lowest BCUT2D eigenvalue weighted by Gasteiger charge is -2.38. The Balaban J connectivity index is 2.20. The van der Waals surface area contributed by atoms with E-state index in [1.807, 2.05) is 0 Å². The number of carboxylic acid groups (broad SMARTS) is 1. The lowest BCUT2D eigenvalue weighted by molar-refractivity contribution is -0.146. The molecule has 2 rings (SSSR count). The van der Waals surface area contributed by atoms with Gasteiger partial charge in [0.25, 0.3) is 0 Å². The van der Waals surface area contributed by atoms with E-state index in [9.17, 15) is 4.79 Å². The highest BCUT2D eigenvalue weighted by atomic mass is 16.5. The van der Waals surface area contributed by atoms with Crippen LogP contribution in [0.15, 0.2) is 22.8 Å². The summed E-state index contributed by atoms with van der Waals surface area (Å²) in [5, 5.41) is 8.72. The fourth-order valence-corrected chi connectivity index (χ4v) is 1.55. The van der Waals surface area contributed by atoms with Gasteiger partial charge in [-0.2, -0.15) is 0 Å². The van der Waals surface area contributed by atoms with E-state index in [1.165, 1.54) is 0 Å². The first-order chi connectivity index (χ1) is 6.23. The van der Waals surface area contributed by atoms with Crippen LogP contribution in [0.3, 0.4) is 0 Å². The quantitative estimate of drug-likeness (QED) is 0.758. The van der Waals surface area contributed by atoms with E-state index >= 15 is 0 Å². The van der Waals surface area contributed by atoms with Gasteiger partial charge in [-0.25, -0.2) is 0 Å². The first-order valence-electron chi connectivity index (χ1n) is 4.06. The molecule has 70 valence electrons. The van der Waals surface area contributed by atoms with E-state index in [1.54, 1.807) is 18.4 Å². The van der Waals surface area contributed by atoms with E-state index in [-0.39, 0.29) is 6.42 Å². The van der Waals surface area contributed by atoms with Crippen molar-refractivity contribution in [3.8, 4) is 0 Å². The summed E-state index contributed by atoms with van der Waals surface area (Å²) in [6, 6.07) is 3.56. The number of rotatable bonds is 3. The van der Waals surface area contributed by atoms with E-state index in [4.69, 9.17) is 14.3 Å². The molecule has 2 heterocycles. The summed E-state index contributed by atoms with van der Waals surface area (Å²) in [4.78, 5) is 10.6. The van der Waals surface area contributed by atoms with Crippen molar-refractivity contribution in [1.29, 1.82) is 0 Å². The third-order valence-electron chi connectivity index (χ3n) is 2.29. The fourth-order valence-electron chi connectivity index (χ4n) is 1.55. The molecule has 1 saturated heterocycles. The normalized spacial score (nSPS) is 19.4. The molecule has 0 atom stereocenters. The minimum Gasteiger partial charge on any atom is -0.481 e. The van der Waals surface area contributed by atoms with E-state index in [0.717, 1.165) is 0 Å². The number of aliphatic carboxylic acids is 1.